The summed E-state index contributed by atoms with van der Waals surface area (Å²) in [7, 11) is 4.41. The minimum absolute atomic E-state index is 0.194. The number of aromatic amines is 1. The minimum Gasteiger partial charge on any atom is -0.327 e. The van der Waals surface area contributed by atoms with Crippen LogP contribution in [0.1, 0.15) is 0 Å². The Balaban J connectivity index is 2.40. The molecule has 0 amide bonds. The second-order valence-electron chi connectivity index (χ2n) is 4.04. The number of hydrogen-bond donors (Lipinski definition) is 1. The van der Waals surface area contributed by atoms with Crippen LogP contribution in [0.4, 0.5) is 0 Å². The van der Waals surface area contributed by atoms with Crippen molar-refractivity contribution in [2.75, 3.05) is 11.5 Å². The molecule has 0 aliphatic heterocycles. The lowest BCUT2D eigenvalue weighted by molar-refractivity contribution is 0.611. The highest BCUT2D eigenvalue weighted by atomic mass is 35.7. The number of rotatable bonds is 4. The summed E-state index contributed by atoms with van der Waals surface area (Å²) in [5.74, 6) is -0.0207. The van der Waals surface area contributed by atoms with Crippen molar-refractivity contribution in [3.8, 4) is 0 Å². The zero-order chi connectivity index (χ0) is 15.1. The number of aromatic nitrogens is 4. The van der Waals surface area contributed by atoms with Gasteiger partial charge in [-0.05, 0) is 0 Å². The maximum Gasteiger partial charge on any atom is 0.332 e. The molecule has 0 aliphatic carbocycles. The van der Waals surface area contributed by atoms with Crippen LogP contribution >= 0.6 is 22.4 Å². The molecule has 2 heterocycles. The third-order valence-corrected chi connectivity index (χ3v) is 4.93. The van der Waals surface area contributed by atoms with Crippen LogP contribution in [0.2, 0.25) is 0 Å². The van der Waals surface area contributed by atoms with Gasteiger partial charge in [0.05, 0.1) is 5.75 Å². The minimum atomic E-state index is -3.57. The number of thioether (sulfide) groups is 1. The van der Waals surface area contributed by atoms with Gasteiger partial charge < -0.3 is 4.98 Å². The molecule has 0 saturated heterocycles. The number of imidazole rings is 1. The number of aryl methyl sites for hydroxylation is 1. The summed E-state index contributed by atoms with van der Waals surface area (Å²) in [6, 6.07) is 0. The Labute approximate surface area is 122 Å². The molecule has 0 bridgehead atoms. The molecule has 0 unspecified atom stereocenters. The molecular formula is C9H11ClN4O4S2. The third kappa shape index (κ3) is 2.91. The summed E-state index contributed by atoms with van der Waals surface area (Å²) in [6.07, 6.45) is 0. The molecular weight excluding hydrogens is 328 g/mol. The summed E-state index contributed by atoms with van der Waals surface area (Å²) in [6.45, 7) is 0. The van der Waals surface area contributed by atoms with E-state index in [1.807, 2.05) is 0 Å². The van der Waals surface area contributed by atoms with Crippen molar-refractivity contribution in [2.45, 2.75) is 5.16 Å². The van der Waals surface area contributed by atoms with E-state index >= 15 is 0 Å². The Morgan fingerprint density at radius 2 is 1.95 bits per heavy atom. The molecule has 0 aromatic carbocycles. The van der Waals surface area contributed by atoms with Crippen LogP contribution in [0, 0.1) is 0 Å². The lowest BCUT2D eigenvalue weighted by atomic mass is 10.5. The Hall–Kier alpha value is -1.26. The monoisotopic (exact) mass is 338 g/mol. The number of nitrogens with zero attached hydrogens (tertiary/aromatic N) is 3. The van der Waals surface area contributed by atoms with Gasteiger partial charge in [0.2, 0.25) is 9.05 Å². The maximum atomic E-state index is 11.9. The molecule has 2 aromatic heterocycles. The van der Waals surface area contributed by atoms with Crippen LogP contribution < -0.4 is 11.2 Å². The van der Waals surface area contributed by atoms with E-state index < -0.39 is 20.3 Å². The molecule has 11 heteroatoms. The normalized spacial score (nSPS) is 12.2. The molecule has 0 aliphatic rings. The van der Waals surface area contributed by atoms with E-state index in [0.717, 1.165) is 16.3 Å². The van der Waals surface area contributed by atoms with E-state index in [-0.39, 0.29) is 22.7 Å². The molecule has 0 radical (unpaired) electrons. The number of halogens is 1. The van der Waals surface area contributed by atoms with Gasteiger partial charge in [-0.25, -0.2) is 18.2 Å². The van der Waals surface area contributed by atoms with Crippen LogP contribution in [0.15, 0.2) is 14.7 Å². The van der Waals surface area contributed by atoms with Gasteiger partial charge in [0.1, 0.15) is 0 Å². The Bertz CT molecular complexity index is 880. The molecule has 8 nitrogen and oxygen atoms in total. The lowest BCUT2D eigenvalue weighted by Crippen LogP contribution is -2.36. The zero-order valence-corrected chi connectivity index (χ0v) is 13.0. The summed E-state index contributed by atoms with van der Waals surface area (Å²) < 4.78 is 23.8. The van der Waals surface area contributed by atoms with E-state index in [0.29, 0.717) is 5.16 Å². The van der Waals surface area contributed by atoms with Crippen molar-refractivity contribution in [1.29, 1.82) is 0 Å². The Morgan fingerprint density at radius 3 is 2.55 bits per heavy atom. The third-order valence-electron chi connectivity index (χ3n) is 2.64. The smallest absolute Gasteiger partial charge is 0.327 e. The van der Waals surface area contributed by atoms with Crippen LogP contribution in [-0.2, 0) is 23.1 Å². The van der Waals surface area contributed by atoms with Crippen molar-refractivity contribution in [3.05, 3.63) is 20.8 Å². The molecule has 0 saturated carbocycles. The fourth-order valence-corrected chi connectivity index (χ4v) is 3.83. The first-order valence-corrected chi connectivity index (χ1v) is 8.88. The molecule has 2 aromatic rings. The van der Waals surface area contributed by atoms with Gasteiger partial charge in [0.25, 0.3) is 5.56 Å². The first-order chi connectivity index (χ1) is 9.20. The van der Waals surface area contributed by atoms with Gasteiger partial charge in [0, 0.05) is 30.5 Å². The van der Waals surface area contributed by atoms with E-state index in [1.54, 1.807) is 0 Å². The van der Waals surface area contributed by atoms with Gasteiger partial charge in [-0.1, -0.05) is 11.8 Å². The van der Waals surface area contributed by atoms with Gasteiger partial charge in [-0.3, -0.25) is 13.9 Å². The molecule has 1 N–H and O–H groups in total. The summed E-state index contributed by atoms with van der Waals surface area (Å²) >= 11 is 1.11. The van der Waals surface area contributed by atoms with Crippen molar-refractivity contribution in [1.82, 2.24) is 19.1 Å². The van der Waals surface area contributed by atoms with Crippen LogP contribution in [0.25, 0.3) is 11.2 Å². The van der Waals surface area contributed by atoms with Crippen LogP contribution in [0.3, 0.4) is 0 Å². The number of hydrogen-bond acceptors (Lipinski definition) is 6. The fourth-order valence-electron chi connectivity index (χ4n) is 1.61. The average molecular weight is 339 g/mol. The summed E-state index contributed by atoms with van der Waals surface area (Å²) in [4.78, 5) is 30.5. The highest BCUT2D eigenvalue weighted by Gasteiger charge is 2.14. The molecule has 20 heavy (non-hydrogen) atoms. The van der Waals surface area contributed by atoms with Crippen molar-refractivity contribution < 1.29 is 8.42 Å². The van der Waals surface area contributed by atoms with E-state index in [1.165, 1.54) is 18.7 Å². The molecule has 110 valence electrons. The molecule has 0 atom stereocenters. The Kier molecular flexibility index (Phi) is 3.98. The van der Waals surface area contributed by atoms with Gasteiger partial charge in [0.15, 0.2) is 16.3 Å². The van der Waals surface area contributed by atoms with Crippen LogP contribution in [-0.4, -0.2) is 39.0 Å². The van der Waals surface area contributed by atoms with E-state index in [4.69, 9.17) is 10.7 Å². The summed E-state index contributed by atoms with van der Waals surface area (Å²) in [5, 5.41) is 0.360. The predicted octanol–water partition coefficient (Wildman–Crippen LogP) is -0.379. The lowest BCUT2D eigenvalue weighted by Gasteiger charge is -2.00. The first kappa shape index (κ1) is 15.1. The van der Waals surface area contributed by atoms with Crippen molar-refractivity contribution in [2.24, 2.45) is 14.1 Å². The zero-order valence-electron chi connectivity index (χ0n) is 10.6. The maximum absolute atomic E-state index is 11.9. The average Bonchev–Trinajstić information content (AvgIpc) is 2.76. The fraction of sp³-hybridized carbons (Fsp3) is 0.444. The molecule has 0 fully saturated rings. The quantitative estimate of drug-likeness (QED) is 0.601. The van der Waals surface area contributed by atoms with Gasteiger partial charge >= 0.3 is 5.69 Å². The second kappa shape index (κ2) is 5.26. The first-order valence-electron chi connectivity index (χ1n) is 5.41. The number of fused-ring (bicyclic) bond motifs is 1. The van der Waals surface area contributed by atoms with Gasteiger partial charge in [-0.2, -0.15) is 0 Å². The molecule has 2 rings (SSSR count). The second-order valence-corrected chi connectivity index (χ2v) is 8.02. The van der Waals surface area contributed by atoms with Crippen molar-refractivity contribution in [3.63, 3.8) is 0 Å². The van der Waals surface area contributed by atoms with E-state index in [2.05, 4.69) is 9.97 Å². The predicted molar refractivity (Wildman–Crippen MR) is 76.9 cm³/mol. The summed E-state index contributed by atoms with van der Waals surface area (Å²) in [5.41, 5.74) is -0.526. The van der Waals surface area contributed by atoms with Gasteiger partial charge in [-0.15, -0.1) is 0 Å². The van der Waals surface area contributed by atoms with Crippen LogP contribution in [0.5, 0.6) is 0 Å². The highest BCUT2D eigenvalue weighted by Crippen LogP contribution is 2.17. The van der Waals surface area contributed by atoms with Crippen molar-refractivity contribution >= 4 is 42.7 Å². The number of H-pyrrole nitrogens is 1. The Morgan fingerprint density at radius 1 is 1.30 bits per heavy atom. The standard InChI is InChI=1S/C9H11ClN4O4S2/c1-13-6-5(7(15)14(2)9(13)16)11-8(12-6)19-3-4-20(10,17)18/h3-4H2,1-2H3,(H,11,12). The SMILES string of the molecule is Cn1c(=O)c2[nH]c(SCCS(=O)(=O)Cl)nc2n(C)c1=O. The van der Waals surface area contributed by atoms with E-state index in [9.17, 15) is 18.0 Å². The largest absolute Gasteiger partial charge is 0.332 e. The number of nitrogens with one attached hydrogen (secondary N) is 1. The highest BCUT2D eigenvalue weighted by molar-refractivity contribution is 8.14. The topological polar surface area (TPSA) is 107 Å². The molecule has 0 spiro atoms.